The Balaban J connectivity index is 2.31. The van der Waals surface area contributed by atoms with Crippen LogP contribution in [0.15, 0.2) is 42.6 Å². The number of aryl methyl sites for hydroxylation is 1. The van der Waals surface area contributed by atoms with Crippen molar-refractivity contribution >= 4 is 16.5 Å². The minimum Gasteiger partial charge on any atom is -0.399 e. The molecule has 0 radical (unpaired) electrons. The predicted molar refractivity (Wildman–Crippen MR) is 74.0 cm³/mol. The summed E-state index contributed by atoms with van der Waals surface area (Å²) in [5.74, 6) is 0. The molecule has 0 fully saturated rings. The van der Waals surface area contributed by atoms with Crippen molar-refractivity contribution in [2.24, 2.45) is 0 Å². The number of nitrogens with two attached hydrogens (primary N) is 1. The van der Waals surface area contributed by atoms with Gasteiger partial charge in [-0.2, -0.15) is 0 Å². The Morgan fingerprint density at radius 1 is 1.11 bits per heavy atom. The zero-order chi connectivity index (χ0) is 12.5. The molecule has 2 aromatic carbocycles. The minimum atomic E-state index is 0.786. The molecule has 0 aliphatic rings. The highest BCUT2D eigenvalue weighted by atomic mass is 14.6. The summed E-state index contributed by atoms with van der Waals surface area (Å²) in [6.45, 7) is 2.06. The molecule has 1 aromatic heterocycles. The average Bonchev–Trinajstić information content (AvgIpc) is 2.38. The van der Waals surface area contributed by atoms with Crippen molar-refractivity contribution in [3.8, 4) is 11.1 Å². The van der Waals surface area contributed by atoms with Gasteiger partial charge in [0.1, 0.15) is 0 Å². The van der Waals surface area contributed by atoms with Crippen LogP contribution in [0.2, 0.25) is 0 Å². The lowest BCUT2D eigenvalue weighted by molar-refractivity contribution is 1.38. The number of nitrogen functional groups attached to an aromatic ring is 1. The van der Waals surface area contributed by atoms with Gasteiger partial charge in [-0.25, -0.2) is 4.98 Å². The summed E-state index contributed by atoms with van der Waals surface area (Å²) in [7, 11) is 0. The van der Waals surface area contributed by atoms with Crippen LogP contribution in [-0.4, -0.2) is 4.98 Å². The average molecular weight is 232 g/mol. The first-order valence-corrected chi connectivity index (χ1v) is 5.79. The van der Waals surface area contributed by atoms with E-state index in [0.717, 1.165) is 27.6 Å². The molecule has 0 atom stereocenters. The summed E-state index contributed by atoms with van der Waals surface area (Å²) < 4.78 is 0. The summed E-state index contributed by atoms with van der Waals surface area (Å²) in [5.41, 5.74) is 10.1. The third kappa shape index (κ3) is 1.66. The zero-order valence-corrected chi connectivity index (χ0v) is 10.1. The highest BCUT2D eigenvalue weighted by Crippen LogP contribution is 2.30. The van der Waals surface area contributed by atoms with Crippen molar-refractivity contribution in [2.45, 2.75) is 6.92 Å². The molecule has 0 spiro atoms. The van der Waals surface area contributed by atoms with E-state index in [1.54, 1.807) is 0 Å². The SMILES string of the molecule is Cc1cc(N)ccc1-c1cccc2cnc#cc12. The fourth-order valence-electron chi connectivity index (χ4n) is 2.22. The van der Waals surface area contributed by atoms with Gasteiger partial charge >= 0.3 is 0 Å². The predicted octanol–water partition coefficient (Wildman–Crippen LogP) is 3.39. The molecule has 0 saturated heterocycles. The molecule has 3 aromatic rings. The van der Waals surface area contributed by atoms with Crippen LogP contribution < -0.4 is 5.73 Å². The number of rotatable bonds is 1. The molecular weight excluding hydrogens is 220 g/mol. The maximum atomic E-state index is 5.79. The second kappa shape index (κ2) is 4.05. The van der Waals surface area contributed by atoms with Gasteiger partial charge in [0.15, 0.2) is 0 Å². The number of hydrogen-bond acceptors (Lipinski definition) is 2. The van der Waals surface area contributed by atoms with Gasteiger partial charge in [-0.3, -0.25) is 0 Å². The topological polar surface area (TPSA) is 38.9 Å². The van der Waals surface area contributed by atoms with Crippen molar-refractivity contribution < 1.29 is 0 Å². The Morgan fingerprint density at radius 2 is 2.00 bits per heavy atom. The van der Waals surface area contributed by atoms with Crippen molar-refractivity contribution in [3.05, 3.63) is 60.4 Å². The quantitative estimate of drug-likeness (QED) is 0.653. The Kier molecular flexibility index (Phi) is 2.39. The van der Waals surface area contributed by atoms with Crippen LogP contribution in [-0.2, 0) is 0 Å². The van der Waals surface area contributed by atoms with Crippen LogP contribution in [0.4, 0.5) is 5.69 Å². The van der Waals surface area contributed by atoms with Gasteiger partial charge < -0.3 is 5.73 Å². The van der Waals surface area contributed by atoms with Gasteiger partial charge in [-0.05, 0) is 41.8 Å². The first-order chi connectivity index (χ1) is 8.75. The lowest BCUT2D eigenvalue weighted by Crippen LogP contribution is -1.89. The van der Waals surface area contributed by atoms with Gasteiger partial charge in [0.2, 0.25) is 0 Å². The molecule has 2 nitrogen and oxygen atoms in total. The maximum Gasteiger partial charge on any atom is 0.0460 e. The minimum absolute atomic E-state index is 0.786. The van der Waals surface area contributed by atoms with E-state index in [1.165, 1.54) is 5.56 Å². The van der Waals surface area contributed by atoms with E-state index < -0.39 is 0 Å². The number of nitrogens with zero attached hydrogens (tertiary/aromatic N) is 1. The molecule has 0 bridgehead atoms. The second-order valence-corrected chi connectivity index (χ2v) is 4.34. The van der Waals surface area contributed by atoms with Gasteiger partial charge in [0, 0.05) is 28.9 Å². The van der Waals surface area contributed by atoms with E-state index in [2.05, 4.69) is 30.2 Å². The molecule has 18 heavy (non-hydrogen) atoms. The Bertz CT molecular complexity index is 712. The lowest BCUT2D eigenvalue weighted by atomic mass is 9.96. The van der Waals surface area contributed by atoms with Crippen molar-refractivity contribution in [1.82, 2.24) is 4.98 Å². The monoisotopic (exact) mass is 232 g/mol. The van der Waals surface area contributed by atoms with Crippen molar-refractivity contribution in [1.29, 1.82) is 0 Å². The summed E-state index contributed by atoms with van der Waals surface area (Å²) in [6.07, 6.45) is 4.58. The number of aromatic nitrogens is 1. The van der Waals surface area contributed by atoms with Gasteiger partial charge in [-0.1, -0.05) is 24.3 Å². The summed E-state index contributed by atoms with van der Waals surface area (Å²) in [6, 6.07) is 15.2. The summed E-state index contributed by atoms with van der Waals surface area (Å²) in [5, 5.41) is 2.11. The molecule has 3 rings (SSSR count). The molecule has 0 aliphatic carbocycles. The van der Waals surface area contributed by atoms with Crippen LogP contribution in [0, 0.1) is 19.2 Å². The van der Waals surface area contributed by atoms with Crippen molar-refractivity contribution in [2.75, 3.05) is 5.73 Å². The van der Waals surface area contributed by atoms with E-state index >= 15 is 0 Å². The van der Waals surface area contributed by atoms with E-state index in [1.807, 2.05) is 36.5 Å². The van der Waals surface area contributed by atoms with E-state index in [9.17, 15) is 0 Å². The molecule has 0 saturated carbocycles. The number of hydrogen-bond donors (Lipinski definition) is 1. The van der Waals surface area contributed by atoms with Crippen LogP contribution in [0.1, 0.15) is 5.56 Å². The molecular formula is C16H12N2. The highest BCUT2D eigenvalue weighted by molar-refractivity contribution is 5.95. The largest absolute Gasteiger partial charge is 0.399 e. The molecule has 1 heterocycles. The van der Waals surface area contributed by atoms with Crippen LogP contribution in [0.3, 0.4) is 0 Å². The Labute approximate surface area is 106 Å². The summed E-state index contributed by atoms with van der Waals surface area (Å²) in [4.78, 5) is 3.98. The molecule has 2 heteroatoms. The van der Waals surface area contributed by atoms with Crippen LogP contribution in [0.5, 0.6) is 0 Å². The van der Waals surface area contributed by atoms with E-state index in [4.69, 9.17) is 5.73 Å². The normalized spacial score (nSPS) is 10.3. The van der Waals surface area contributed by atoms with Crippen LogP contribution >= 0.6 is 0 Å². The fraction of sp³-hybridized carbons (Fsp3) is 0.0625. The fourth-order valence-corrected chi connectivity index (χ4v) is 2.22. The molecule has 86 valence electrons. The van der Waals surface area contributed by atoms with E-state index in [-0.39, 0.29) is 0 Å². The Hall–Kier alpha value is -2.53. The molecule has 0 amide bonds. The molecule has 2 N–H and O–H groups in total. The third-order valence-corrected chi connectivity index (χ3v) is 3.09. The smallest absolute Gasteiger partial charge is 0.0460 e. The van der Waals surface area contributed by atoms with Gasteiger partial charge in [0.25, 0.3) is 0 Å². The van der Waals surface area contributed by atoms with Gasteiger partial charge in [-0.15, -0.1) is 0 Å². The van der Waals surface area contributed by atoms with Gasteiger partial charge in [0.05, 0.1) is 0 Å². The number of fused-ring (bicyclic) bond motifs is 1. The number of benzene rings is 2. The van der Waals surface area contributed by atoms with Crippen LogP contribution in [0.25, 0.3) is 21.9 Å². The first kappa shape index (κ1) is 10.6. The maximum absolute atomic E-state index is 5.79. The summed E-state index contributed by atoms with van der Waals surface area (Å²) >= 11 is 0. The molecule has 0 aliphatic heterocycles. The van der Waals surface area contributed by atoms with Crippen molar-refractivity contribution in [3.63, 3.8) is 0 Å². The first-order valence-electron chi connectivity index (χ1n) is 5.79. The standard InChI is InChI=1S/C16H12N2/c1-11-9-13(17)5-6-14(11)16-4-2-3-12-10-18-8-7-15(12)16/h2-6,9-10H,17H2,1H3. The lowest BCUT2D eigenvalue weighted by Gasteiger charge is -2.08. The highest BCUT2D eigenvalue weighted by Gasteiger charge is 2.06. The third-order valence-electron chi connectivity index (χ3n) is 3.09. The second-order valence-electron chi connectivity index (χ2n) is 4.34. The molecule has 0 unspecified atom stereocenters. The number of anilines is 1. The Morgan fingerprint density at radius 3 is 2.83 bits per heavy atom. The zero-order valence-electron chi connectivity index (χ0n) is 10.1. The van der Waals surface area contributed by atoms with E-state index in [0.29, 0.717) is 0 Å².